The summed E-state index contributed by atoms with van der Waals surface area (Å²) in [6.45, 7) is 9.16. The summed E-state index contributed by atoms with van der Waals surface area (Å²) < 4.78 is 11.2. The molecule has 0 bridgehead atoms. The van der Waals surface area contributed by atoms with Gasteiger partial charge in [-0.3, -0.25) is 9.59 Å². The van der Waals surface area contributed by atoms with Gasteiger partial charge in [-0.25, -0.2) is 19.6 Å². The molecule has 4 aliphatic rings. The highest BCUT2D eigenvalue weighted by molar-refractivity contribution is 5.90. The predicted molar refractivity (Wildman–Crippen MR) is 237 cm³/mol. The number of aromatic amines is 2. The molecule has 0 radical (unpaired) electrons. The minimum absolute atomic E-state index is 0.0622. The summed E-state index contributed by atoms with van der Waals surface area (Å²) >= 11 is 0. The predicted octanol–water partition coefficient (Wildman–Crippen LogP) is 6.87. The van der Waals surface area contributed by atoms with Crippen molar-refractivity contribution in [2.45, 2.75) is 121 Å². The third-order valence-electron chi connectivity index (χ3n) is 13.8. The van der Waals surface area contributed by atoms with Crippen LogP contribution in [0.15, 0.2) is 60.9 Å². The lowest BCUT2D eigenvalue weighted by Crippen LogP contribution is -2.63. The van der Waals surface area contributed by atoms with Crippen molar-refractivity contribution in [2.75, 3.05) is 19.8 Å². The smallest absolute Gasteiger partial charge is 0.405 e. The maximum Gasteiger partial charge on any atom is 0.405 e. The van der Waals surface area contributed by atoms with Crippen molar-refractivity contribution in [1.82, 2.24) is 40.4 Å². The van der Waals surface area contributed by atoms with Crippen molar-refractivity contribution < 1.29 is 38.9 Å². The van der Waals surface area contributed by atoms with E-state index in [1.165, 1.54) is 0 Å². The third kappa shape index (κ3) is 9.37. The Morgan fingerprint density at radius 3 is 1.78 bits per heavy atom. The number of imidazole rings is 2. The van der Waals surface area contributed by atoms with Crippen LogP contribution >= 0.6 is 0 Å². The van der Waals surface area contributed by atoms with Crippen LogP contribution in [-0.2, 0) is 19.1 Å². The Balaban J connectivity index is 0.912. The van der Waals surface area contributed by atoms with Gasteiger partial charge in [0, 0.05) is 66.6 Å². The summed E-state index contributed by atoms with van der Waals surface area (Å²) in [5.41, 5.74) is 3.62. The van der Waals surface area contributed by atoms with Gasteiger partial charge in [-0.15, -0.1) is 0 Å². The standard InChI is InChI=1S/C48H58N8O8/c1-28-5-17-39(55(28)44(57)41(53-46(59)60)35-19-22-63-23-20-35)42-49-26-37(51-42)33-13-9-31(10-14-33)7-8-32-11-15-34(16-12-32)38-27-50-43(52-38)40-18-6-29(2)56(40)45(58)48(4,54-47(61)62)36-21-24-64-30(3)25-36/h9-16,26-30,35-36,39-41,53-54H,5-6,17-25H2,1-4H3,(H,49,51)(H,50,52)(H,59,60)(H,61,62)/t28-,29-,30?,36?,39-,40-,41-,48-/m0/s1. The van der Waals surface area contributed by atoms with Gasteiger partial charge in [0.2, 0.25) is 11.8 Å². The van der Waals surface area contributed by atoms with Crippen molar-refractivity contribution in [3.8, 4) is 34.4 Å². The SMILES string of the molecule is CC1CC([C@](C)(NC(=O)O)C(=O)N2[C@@H](C)CC[C@H]2c2nc(-c3ccc(C#Cc4ccc(-c5c[nH]c([C@@H]6CC[C@H](C)N6C(=O)[C@@H](NC(=O)O)C6CCOCC6)n5)cc4)cc3)c[nH]2)CCO1. The van der Waals surface area contributed by atoms with Gasteiger partial charge < -0.3 is 50.1 Å². The number of nitrogens with zero attached hydrogens (tertiary/aromatic N) is 4. The molecule has 4 fully saturated rings. The summed E-state index contributed by atoms with van der Waals surface area (Å²) in [5.74, 6) is 7.05. The summed E-state index contributed by atoms with van der Waals surface area (Å²) in [6, 6.07) is 14.1. The van der Waals surface area contributed by atoms with E-state index in [0.29, 0.717) is 63.6 Å². The maximum atomic E-state index is 14.4. The molecule has 2 aromatic carbocycles. The van der Waals surface area contributed by atoms with Crippen molar-refractivity contribution >= 4 is 24.0 Å². The molecule has 16 heteroatoms. The van der Waals surface area contributed by atoms with Crippen LogP contribution in [0.4, 0.5) is 9.59 Å². The van der Waals surface area contributed by atoms with Crippen LogP contribution in [0.2, 0.25) is 0 Å². The second-order valence-corrected chi connectivity index (χ2v) is 18.0. The first-order valence-corrected chi connectivity index (χ1v) is 22.5. The van der Waals surface area contributed by atoms with Gasteiger partial charge in [0.15, 0.2) is 0 Å². The fourth-order valence-corrected chi connectivity index (χ4v) is 10.2. The van der Waals surface area contributed by atoms with E-state index in [1.54, 1.807) is 11.8 Å². The molecule has 6 heterocycles. The summed E-state index contributed by atoms with van der Waals surface area (Å²) in [6.07, 6.45) is 6.59. The number of carboxylic acid groups (broad SMARTS) is 2. The zero-order chi connectivity index (χ0) is 45.1. The van der Waals surface area contributed by atoms with E-state index < -0.39 is 23.8 Å². The molecule has 8 atom stereocenters. The maximum absolute atomic E-state index is 14.4. The molecule has 64 heavy (non-hydrogen) atoms. The Morgan fingerprint density at radius 1 is 0.734 bits per heavy atom. The molecule has 6 N–H and O–H groups in total. The van der Waals surface area contributed by atoms with Gasteiger partial charge in [-0.05, 0) is 115 Å². The van der Waals surface area contributed by atoms with E-state index in [-0.39, 0.29) is 53.9 Å². The second kappa shape index (κ2) is 18.9. The highest BCUT2D eigenvalue weighted by atomic mass is 16.5. The first-order chi connectivity index (χ1) is 30.8. The zero-order valence-electron chi connectivity index (χ0n) is 36.8. The number of ether oxygens (including phenoxy) is 2. The Hall–Kier alpha value is -6.18. The average Bonchev–Trinajstić information content (AvgIpc) is 4.12. The van der Waals surface area contributed by atoms with Gasteiger partial charge in [-0.1, -0.05) is 36.1 Å². The normalized spacial score (nSPS) is 25.2. The number of aromatic nitrogens is 4. The molecule has 0 saturated carbocycles. The van der Waals surface area contributed by atoms with Gasteiger partial charge >= 0.3 is 12.2 Å². The number of hydrogen-bond donors (Lipinski definition) is 6. The molecule has 0 spiro atoms. The van der Waals surface area contributed by atoms with E-state index in [0.717, 1.165) is 52.9 Å². The van der Waals surface area contributed by atoms with Gasteiger partial charge in [0.05, 0.1) is 29.6 Å². The lowest BCUT2D eigenvalue weighted by molar-refractivity contribution is -0.145. The molecular formula is C48H58N8O8. The van der Waals surface area contributed by atoms with Gasteiger partial charge in [-0.2, -0.15) is 0 Å². The third-order valence-corrected chi connectivity index (χ3v) is 13.8. The Labute approximate surface area is 372 Å². The molecule has 4 aromatic rings. The molecule has 2 unspecified atom stereocenters. The number of carbonyl (C=O) groups excluding carboxylic acids is 2. The topological polar surface area (TPSA) is 215 Å². The van der Waals surface area contributed by atoms with Crippen LogP contribution in [0.5, 0.6) is 0 Å². The van der Waals surface area contributed by atoms with Crippen LogP contribution in [0.3, 0.4) is 0 Å². The van der Waals surface area contributed by atoms with Crippen LogP contribution in [0.25, 0.3) is 22.5 Å². The van der Waals surface area contributed by atoms with E-state index in [2.05, 4.69) is 32.4 Å². The number of rotatable bonds is 10. The number of hydrogen-bond acceptors (Lipinski definition) is 8. The minimum Gasteiger partial charge on any atom is -0.465 e. The Bertz CT molecular complexity index is 2380. The first-order valence-electron chi connectivity index (χ1n) is 22.5. The van der Waals surface area contributed by atoms with E-state index in [4.69, 9.17) is 19.4 Å². The van der Waals surface area contributed by atoms with Gasteiger partial charge in [0.25, 0.3) is 0 Å². The quantitative estimate of drug-likeness (QED) is 0.0909. The molecule has 4 aliphatic heterocycles. The van der Waals surface area contributed by atoms with Crippen LogP contribution < -0.4 is 10.6 Å². The first kappa shape index (κ1) is 44.4. The Kier molecular flexibility index (Phi) is 13.1. The number of amides is 4. The Morgan fingerprint density at radius 2 is 1.27 bits per heavy atom. The largest absolute Gasteiger partial charge is 0.465 e. The fraction of sp³-hybridized carbons (Fsp3) is 0.500. The van der Waals surface area contributed by atoms with E-state index >= 15 is 0 Å². The monoisotopic (exact) mass is 874 g/mol. The molecule has 4 amide bonds. The van der Waals surface area contributed by atoms with Crippen molar-refractivity contribution in [3.05, 3.63) is 83.7 Å². The highest BCUT2D eigenvalue weighted by Gasteiger charge is 2.51. The zero-order valence-corrected chi connectivity index (χ0v) is 36.8. The number of likely N-dealkylation sites (tertiary alicyclic amines) is 2. The summed E-state index contributed by atoms with van der Waals surface area (Å²) in [7, 11) is 0. The van der Waals surface area contributed by atoms with Crippen LogP contribution in [0, 0.1) is 23.7 Å². The molecule has 4 saturated heterocycles. The second-order valence-electron chi connectivity index (χ2n) is 18.0. The lowest BCUT2D eigenvalue weighted by atomic mass is 9.77. The molecular weight excluding hydrogens is 817 g/mol. The summed E-state index contributed by atoms with van der Waals surface area (Å²) in [5, 5.41) is 24.5. The molecule has 2 aromatic heterocycles. The van der Waals surface area contributed by atoms with Gasteiger partial charge in [0.1, 0.15) is 23.2 Å². The highest BCUT2D eigenvalue weighted by Crippen LogP contribution is 2.41. The number of carbonyl (C=O) groups is 4. The van der Waals surface area contributed by atoms with Crippen molar-refractivity contribution in [1.29, 1.82) is 0 Å². The molecule has 0 aliphatic carbocycles. The average molecular weight is 875 g/mol. The minimum atomic E-state index is -1.30. The van der Waals surface area contributed by atoms with E-state index in [1.807, 2.05) is 86.6 Å². The molecule has 16 nitrogen and oxygen atoms in total. The van der Waals surface area contributed by atoms with E-state index in [9.17, 15) is 29.4 Å². The van der Waals surface area contributed by atoms with Crippen molar-refractivity contribution in [2.24, 2.45) is 11.8 Å². The number of nitrogens with one attached hydrogen (secondary N) is 4. The number of benzene rings is 2. The lowest BCUT2D eigenvalue weighted by Gasteiger charge is -2.44. The molecule has 8 rings (SSSR count). The van der Waals surface area contributed by atoms with Crippen LogP contribution in [0.1, 0.15) is 114 Å². The number of H-pyrrole nitrogens is 2. The summed E-state index contributed by atoms with van der Waals surface area (Å²) in [4.78, 5) is 72.2. The van der Waals surface area contributed by atoms with Crippen molar-refractivity contribution in [3.63, 3.8) is 0 Å². The van der Waals surface area contributed by atoms with Crippen LogP contribution in [-0.4, -0.2) is 114 Å². The molecule has 338 valence electrons. The fourth-order valence-electron chi connectivity index (χ4n) is 10.2.